The van der Waals surface area contributed by atoms with Gasteiger partial charge in [-0.05, 0) is 29.8 Å². The number of para-hydroxylation sites is 1. The van der Waals surface area contributed by atoms with Crippen molar-refractivity contribution in [3.63, 3.8) is 0 Å². The molecule has 0 spiro atoms. The van der Waals surface area contributed by atoms with Crippen molar-refractivity contribution in [2.75, 3.05) is 0 Å². The van der Waals surface area contributed by atoms with Gasteiger partial charge in [-0.2, -0.15) is 9.11 Å². The molecule has 1 atom stereocenters. The Morgan fingerprint density at radius 2 is 1.93 bits per heavy atom. The first-order chi connectivity index (χ1) is 13.2. The Hall–Kier alpha value is -3.18. The van der Waals surface area contributed by atoms with Gasteiger partial charge in [0.1, 0.15) is 17.7 Å². The molecule has 11 heteroatoms. The maximum absolute atomic E-state index is 13.9. The van der Waals surface area contributed by atoms with E-state index in [1.165, 1.54) is 29.0 Å². The second kappa shape index (κ2) is 7.44. The molecular formula is C17H14F2N4O4S. The van der Waals surface area contributed by atoms with Crippen LogP contribution in [-0.4, -0.2) is 22.9 Å². The molecular weight excluding hydrogens is 394 g/mol. The zero-order chi connectivity index (χ0) is 20.5. The number of halogens is 2. The summed E-state index contributed by atoms with van der Waals surface area (Å²) < 4.78 is 57.1. The number of hydrogen-bond acceptors (Lipinski definition) is 5. The summed E-state index contributed by atoms with van der Waals surface area (Å²) in [6.07, 6.45) is 2.97. The van der Waals surface area contributed by atoms with E-state index in [4.69, 9.17) is 0 Å². The molecule has 1 unspecified atom stereocenters. The molecule has 2 aromatic carbocycles. The van der Waals surface area contributed by atoms with Gasteiger partial charge in [-0.25, -0.2) is 17.8 Å². The van der Waals surface area contributed by atoms with Crippen LogP contribution in [-0.2, 0) is 17.1 Å². The van der Waals surface area contributed by atoms with Crippen LogP contribution in [0.25, 0.3) is 0 Å². The lowest BCUT2D eigenvalue weighted by Gasteiger charge is -2.19. The molecule has 1 aromatic heterocycles. The molecule has 0 aliphatic rings. The maximum Gasteiger partial charge on any atom is 0.324 e. The van der Waals surface area contributed by atoms with Crippen molar-refractivity contribution < 1.29 is 22.1 Å². The number of sulfonamides is 1. The van der Waals surface area contributed by atoms with Gasteiger partial charge in [-0.1, -0.05) is 18.2 Å². The van der Waals surface area contributed by atoms with Gasteiger partial charge in [0.05, 0.1) is 4.92 Å². The first kappa shape index (κ1) is 19.6. The highest BCUT2D eigenvalue weighted by atomic mass is 32.2. The van der Waals surface area contributed by atoms with Crippen LogP contribution in [0, 0.1) is 21.7 Å². The van der Waals surface area contributed by atoms with Crippen molar-refractivity contribution >= 4 is 15.7 Å². The zero-order valence-electron chi connectivity index (χ0n) is 14.4. The first-order valence-electron chi connectivity index (χ1n) is 7.88. The smallest absolute Gasteiger partial charge is 0.324 e. The molecule has 0 aliphatic carbocycles. The third kappa shape index (κ3) is 3.75. The molecule has 0 amide bonds. The van der Waals surface area contributed by atoms with Crippen molar-refractivity contribution in [3.8, 4) is 0 Å². The van der Waals surface area contributed by atoms with Crippen molar-refractivity contribution in [1.82, 2.24) is 14.3 Å². The van der Waals surface area contributed by atoms with Gasteiger partial charge < -0.3 is 4.57 Å². The Kier molecular flexibility index (Phi) is 5.21. The zero-order valence-corrected chi connectivity index (χ0v) is 15.2. The lowest BCUT2D eigenvalue weighted by Crippen LogP contribution is -2.31. The SMILES string of the molecule is Cn1ccnc1C(NS(=O)(=O)c1cccc(F)c1[N+](=O)[O-])c1cccc(F)c1. The topological polar surface area (TPSA) is 107 Å². The van der Waals surface area contributed by atoms with Gasteiger partial charge >= 0.3 is 5.69 Å². The predicted molar refractivity (Wildman–Crippen MR) is 94.8 cm³/mol. The number of imidazole rings is 1. The molecule has 1 N–H and O–H groups in total. The summed E-state index contributed by atoms with van der Waals surface area (Å²) in [5.41, 5.74) is -0.954. The number of aryl methyl sites for hydroxylation is 1. The number of nitrogens with one attached hydrogen (secondary N) is 1. The van der Waals surface area contributed by atoms with Crippen molar-refractivity contribution in [3.05, 3.63) is 88.0 Å². The number of nitro groups is 1. The highest BCUT2D eigenvalue weighted by molar-refractivity contribution is 7.89. The largest absolute Gasteiger partial charge is 0.336 e. The third-order valence-electron chi connectivity index (χ3n) is 3.99. The summed E-state index contributed by atoms with van der Waals surface area (Å²) in [5, 5.41) is 11.2. The van der Waals surface area contributed by atoms with Crippen molar-refractivity contribution in [2.24, 2.45) is 7.05 Å². The molecule has 1 heterocycles. The molecule has 0 saturated carbocycles. The summed E-state index contributed by atoms with van der Waals surface area (Å²) in [6, 6.07) is 6.76. The predicted octanol–water partition coefficient (Wildman–Crippen LogP) is 2.67. The van der Waals surface area contributed by atoms with Gasteiger partial charge in [0.2, 0.25) is 15.8 Å². The fourth-order valence-electron chi connectivity index (χ4n) is 2.72. The number of aromatic nitrogens is 2. The lowest BCUT2D eigenvalue weighted by molar-refractivity contribution is -0.390. The Morgan fingerprint density at radius 3 is 2.54 bits per heavy atom. The number of hydrogen-bond donors (Lipinski definition) is 1. The van der Waals surface area contributed by atoms with Crippen LogP contribution in [0.5, 0.6) is 0 Å². The van der Waals surface area contributed by atoms with Crippen LogP contribution < -0.4 is 4.72 Å². The molecule has 3 aromatic rings. The quantitative estimate of drug-likeness (QED) is 0.498. The average Bonchev–Trinajstić information content (AvgIpc) is 3.05. The summed E-state index contributed by atoms with van der Waals surface area (Å²) in [7, 11) is -2.96. The molecule has 8 nitrogen and oxygen atoms in total. The van der Waals surface area contributed by atoms with E-state index >= 15 is 0 Å². The summed E-state index contributed by atoms with van der Waals surface area (Å²) >= 11 is 0. The Balaban J connectivity index is 2.13. The average molecular weight is 408 g/mol. The Labute approximate surface area is 158 Å². The van der Waals surface area contributed by atoms with Crippen molar-refractivity contribution in [2.45, 2.75) is 10.9 Å². The van der Waals surface area contributed by atoms with Crippen LogP contribution in [0.2, 0.25) is 0 Å². The fourth-order valence-corrected chi connectivity index (χ4v) is 4.08. The van der Waals surface area contributed by atoms with Crippen LogP contribution in [0.1, 0.15) is 17.4 Å². The van der Waals surface area contributed by atoms with Crippen LogP contribution >= 0.6 is 0 Å². The molecule has 0 bridgehead atoms. The van der Waals surface area contributed by atoms with Crippen LogP contribution in [0.4, 0.5) is 14.5 Å². The van der Waals surface area contributed by atoms with E-state index in [9.17, 15) is 27.3 Å². The second-order valence-electron chi connectivity index (χ2n) is 5.85. The molecule has 0 fully saturated rings. The number of benzene rings is 2. The Morgan fingerprint density at radius 1 is 1.21 bits per heavy atom. The van der Waals surface area contributed by atoms with E-state index in [1.807, 2.05) is 0 Å². The normalized spacial score (nSPS) is 12.7. The molecule has 146 valence electrons. The standard InChI is InChI=1S/C17H14F2N4O4S/c1-22-9-8-20-17(22)15(11-4-2-5-12(18)10-11)21-28(26,27)14-7-3-6-13(19)16(14)23(24)25/h2-10,15,21H,1H3. The minimum Gasteiger partial charge on any atom is -0.336 e. The van der Waals surface area contributed by atoms with Crippen LogP contribution in [0.3, 0.4) is 0 Å². The first-order valence-corrected chi connectivity index (χ1v) is 9.37. The summed E-state index contributed by atoms with van der Waals surface area (Å²) in [4.78, 5) is 13.3. The van der Waals surface area contributed by atoms with Crippen molar-refractivity contribution in [1.29, 1.82) is 0 Å². The van der Waals surface area contributed by atoms with Gasteiger partial charge in [0.25, 0.3) is 0 Å². The van der Waals surface area contributed by atoms with Gasteiger partial charge in [-0.15, -0.1) is 0 Å². The molecule has 0 aliphatic heterocycles. The highest BCUT2D eigenvalue weighted by Crippen LogP contribution is 2.29. The summed E-state index contributed by atoms with van der Waals surface area (Å²) in [6.45, 7) is 0. The van der Waals surface area contributed by atoms with E-state index in [0.29, 0.717) is 0 Å². The molecule has 3 rings (SSSR count). The number of rotatable bonds is 6. The maximum atomic E-state index is 13.9. The molecule has 0 saturated heterocycles. The van der Waals surface area contributed by atoms with E-state index in [2.05, 4.69) is 9.71 Å². The third-order valence-corrected chi connectivity index (χ3v) is 5.45. The minimum atomic E-state index is -4.57. The second-order valence-corrected chi connectivity index (χ2v) is 7.53. The van der Waals surface area contributed by atoms with Crippen LogP contribution in [0.15, 0.2) is 59.8 Å². The number of nitro benzene ring substituents is 1. The van der Waals surface area contributed by atoms with E-state index in [-0.39, 0.29) is 11.4 Å². The highest BCUT2D eigenvalue weighted by Gasteiger charge is 2.33. The van der Waals surface area contributed by atoms with Gasteiger partial charge in [0, 0.05) is 19.4 Å². The minimum absolute atomic E-state index is 0.216. The monoisotopic (exact) mass is 408 g/mol. The Bertz CT molecular complexity index is 1150. The van der Waals surface area contributed by atoms with E-state index < -0.39 is 43.2 Å². The summed E-state index contributed by atoms with van der Waals surface area (Å²) in [5.74, 6) is -1.67. The number of nitrogens with zero attached hydrogens (tertiary/aromatic N) is 3. The van der Waals surface area contributed by atoms with Gasteiger partial charge in [0.15, 0.2) is 4.90 Å². The van der Waals surface area contributed by atoms with E-state index in [0.717, 1.165) is 24.3 Å². The van der Waals surface area contributed by atoms with E-state index in [1.54, 1.807) is 13.2 Å². The molecule has 28 heavy (non-hydrogen) atoms. The fraction of sp³-hybridized carbons (Fsp3) is 0.118. The lowest BCUT2D eigenvalue weighted by atomic mass is 10.1. The molecule has 0 radical (unpaired) electrons. The van der Waals surface area contributed by atoms with Gasteiger partial charge in [-0.3, -0.25) is 10.1 Å².